The maximum Gasteiger partial charge on any atom is 0.128 e. The molecule has 0 aliphatic rings. The Morgan fingerprint density at radius 2 is 1.62 bits per heavy atom. The van der Waals surface area contributed by atoms with Crippen LogP contribution in [0.1, 0.15) is 11.1 Å². The lowest BCUT2D eigenvalue weighted by molar-refractivity contribution is 0.587. The Labute approximate surface area is 131 Å². The Morgan fingerprint density at radius 1 is 0.857 bits per heavy atom. The van der Waals surface area contributed by atoms with E-state index in [2.05, 4.69) is 51.6 Å². The lowest BCUT2D eigenvalue weighted by Gasteiger charge is -2.09. The van der Waals surface area contributed by atoms with E-state index >= 15 is 0 Å². The van der Waals surface area contributed by atoms with E-state index in [1.165, 1.54) is 22.4 Å². The van der Waals surface area contributed by atoms with E-state index in [1.807, 2.05) is 18.2 Å². The van der Waals surface area contributed by atoms with Crippen LogP contribution in [-0.2, 0) is 13.1 Å². The highest BCUT2D eigenvalue weighted by Gasteiger charge is 2.04. The molecule has 0 unspecified atom stereocenters. The van der Waals surface area contributed by atoms with Crippen LogP contribution in [0.5, 0.6) is 0 Å². The van der Waals surface area contributed by atoms with Crippen LogP contribution in [0.3, 0.4) is 0 Å². The fraction of sp³-hybridized carbons (Fsp3) is 0.111. The van der Waals surface area contributed by atoms with Crippen LogP contribution in [0.25, 0.3) is 10.8 Å². The van der Waals surface area contributed by atoms with Gasteiger partial charge >= 0.3 is 0 Å². The summed E-state index contributed by atoms with van der Waals surface area (Å²) in [6.45, 7) is 1.24. The minimum absolute atomic E-state index is 0.185. The van der Waals surface area contributed by atoms with Gasteiger partial charge in [0, 0.05) is 23.1 Å². The SMILES string of the molecule is Fc1cc(Br)ccc1CNCc1cccc2ccccc12. The largest absolute Gasteiger partial charge is 0.308 e. The van der Waals surface area contributed by atoms with Crippen molar-refractivity contribution in [3.8, 4) is 0 Å². The van der Waals surface area contributed by atoms with Crippen molar-refractivity contribution in [3.63, 3.8) is 0 Å². The second-order valence-corrected chi connectivity index (χ2v) is 5.89. The fourth-order valence-corrected chi connectivity index (χ4v) is 2.78. The van der Waals surface area contributed by atoms with Gasteiger partial charge in [-0.05, 0) is 28.5 Å². The molecule has 106 valence electrons. The van der Waals surface area contributed by atoms with Crippen LogP contribution < -0.4 is 5.32 Å². The molecule has 3 aromatic carbocycles. The van der Waals surface area contributed by atoms with E-state index in [-0.39, 0.29) is 5.82 Å². The van der Waals surface area contributed by atoms with Crippen molar-refractivity contribution in [1.82, 2.24) is 5.32 Å². The zero-order chi connectivity index (χ0) is 14.7. The molecule has 0 radical (unpaired) electrons. The number of hydrogen-bond acceptors (Lipinski definition) is 1. The number of benzene rings is 3. The second kappa shape index (κ2) is 6.37. The summed E-state index contributed by atoms with van der Waals surface area (Å²) < 4.78 is 14.5. The molecule has 3 heteroatoms. The number of hydrogen-bond donors (Lipinski definition) is 1. The highest BCUT2D eigenvalue weighted by Crippen LogP contribution is 2.19. The lowest BCUT2D eigenvalue weighted by atomic mass is 10.0. The molecule has 3 aromatic rings. The summed E-state index contributed by atoms with van der Waals surface area (Å²) in [6, 6.07) is 19.7. The van der Waals surface area contributed by atoms with Gasteiger partial charge in [-0.25, -0.2) is 4.39 Å². The van der Waals surface area contributed by atoms with Gasteiger partial charge in [-0.3, -0.25) is 0 Å². The summed E-state index contributed by atoms with van der Waals surface area (Å²) in [5.74, 6) is -0.185. The van der Waals surface area contributed by atoms with Crippen molar-refractivity contribution in [1.29, 1.82) is 0 Å². The molecule has 3 rings (SSSR count). The zero-order valence-electron chi connectivity index (χ0n) is 11.4. The summed E-state index contributed by atoms with van der Waals surface area (Å²) in [7, 11) is 0. The van der Waals surface area contributed by atoms with Gasteiger partial charge in [0.15, 0.2) is 0 Å². The molecule has 21 heavy (non-hydrogen) atoms. The van der Waals surface area contributed by atoms with Crippen molar-refractivity contribution in [2.75, 3.05) is 0 Å². The van der Waals surface area contributed by atoms with E-state index in [0.29, 0.717) is 12.1 Å². The summed E-state index contributed by atoms with van der Waals surface area (Å²) >= 11 is 3.27. The van der Waals surface area contributed by atoms with Gasteiger partial charge in [-0.15, -0.1) is 0 Å². The van der Waals surface area contributed by atoms with Gasteiger partial charge in [-0.1, -0.05) is 64.5 Å². The van der Waals surface area contributed by atoms with E-state index < -0.39 is 0 Å². The molecule has 0 atom stereocenters. The Morgan fingerprint density at radius 3 is 2.48 bits per heavy atom. The molecular weight excluding hydrogens is 329 g/mol. The van der Waals surface area contributed by atoms with Crippen molar-refractivity contribution in [3.05, 3.63) is 82.1 Å². The third-order valence-corrected chi connectivity index (χ3v) is 4.02. The summed E-state index contributed by atoms with van der Waals surface area (Å²) in [5.41, 5.74) is 1.91. The molecule has 0 spiro atoms. The van der Waals surface area contributed by atoms with Crippen molar-refractivity contribution >= 4 is 26.7 Å². The second-order valence-electron chi connectivity index (χ2n) is 4.98. The van der Waals surface area contributed by atoms with Crippen LogP contribution in [0.4, 0.5) is 4.39 Å². The summed E-state index contributed by atoms with van der Waals surface area (Å²) in [4.78, 5) is 0. The summed E-state index contributed by atoms with van der Waals surface area (Å²) in [6.07, 6.45) is 0. The predicted octanol–water partition coefficient (Wildman–Crippen LogP) is 5.03. The zero-order valence-corrected chi connectivity index (χ0v) is 13.0. The van der Waals surface area contributed by atoms with Crippen molar-refractivity contribution < 1.29 is 4.39 Å². The third-order valence-electron chi connectivity index (χ3n) is 3.53. The molecule has 0 heterocycles. The lowest BCUT2D eigenvalue weighted by Crippen LogP contribution is -2.14. The van der Waals surface area contributed by atoms with E-state index in [0.717, 1.165) is 11.0 Å². The van der Waals surface area contributed by atoms with Crippen LogP contribution in [-0.4, -0.2) is 0 Å². The number of nitrogens with one attached hydrogen (secondary N) is 1. The number of halogens is 2. The minimum atomic E-state index is -0.185. The smallest absolute Gasteiger partial charge is 0.128 e. The Bertz CT molecular complexity index is 765. The van der Waals surface area contributed by atoms with Crippen LogP contribution in [0.15, 0.2) is 65.1 Å². The molecular formula is C18H15BrFN. The molecule has 0 aliphatic heterocycles. The molecule has 0 saturated carbocycles. The summed E-state index contributed by atoms with van der Waals surface area (Å²) in [5, 5.41) is 5.78. The third kappa shape index (κ3) is 3.31. The monoisotopic (exact) mass is 343 g/mol. The normalized spacial score (nSPS) is 11.0. The first kappa shape index (κ1) is 14.2. The van der Waals surface area contributed by atoms with Crippen LogP contribution >= 0.6 is 15.9 Å². The molecule has 0 aliphatic carbocycles. The number of fused-ring (bicyclic) bond motifs is 1. The molecule has 0 aromatic heterocycles. The number of rotatable bonds is 4. The van der Waals surface area contributed by atoms with Crippen LogP contribution in [0.2, 0.25) is 0 Å². The Hall–Kier alpha value is -1.71. The Kier molecular flexibility index (Phi) is 4.32. The van der Waals surface area contributed by atoms with Gasteiger partial charge in [0.2, 0.25) is 0 Å². The quantitative estimate of drug-likeness (QED) is 0.700. The highest BCUT2D eigenvalue weighted by atomic mass is 79.9. The van der Waals surface area contributed by atoms with Gasteiger partial charge in [0.25, 0.3) is 0 Å². The van der Waals surface area contributed by atoms with Gasteiger partial charge in [0.05, 0.1) is 0 Å². The molecule has 0 saturated heterocycles. The molecule has 1 N–H and O–H groups in total. The predicted molar refractivity (Wildman–Crippen MR) is 88.6 cm³/mol. The van der Waals surface area contributed by atoms with Gasteiger partial charge in [0.1, 0.15) is 5.82 Å². The minimum Gasteiger partial charge on any atom is -0.308 e. The molecule has 0 fully saturated rings. The molecule has 0 bridgehead atoms. The maximum atomic E-state index is 13.8. The maximum absolute atomic E-state index is 13.8. The molecule has 0 amide bonds. The first-order valence-corrected chi connectivity index (χ1v) is 7.64. The van der Waals surface area contributed by atoms with Crippen molar-refractivity contribution in [2.45, 2.75) is 13.1 Å². The standard InChI is InChI=1S/C18H15BrFN/c19-16-9-8-15(18(20)10-16)12-21-11-14-6-3-5-13-4-1-2-7-17(13)14/h1-10,21H,11-12H2. The Balaban J connectivity index is 1.72. The van der Waals surface area contributed by atoms with Crippen LogP contribution in [0, 0.1) is 5.82 Å². The van der Waals surface area contributed by atoms with E-state index in [1.54, 1.807) is 6.07 Å². The van der Waals surface area contributed by atoms with Gasteiger partial charge < -0.3 is 5.32 Å². The highest BCUT2D eigenvalue weighted by molar-refractivity contribution is 9.10. The topological polar surface area (TPSA) is 12.0 Å². The first-order chi connectivity index (χ1) is 10.2. The fourth-order valence-electron chi connectivity index (χ4n) is 2.44. The first-order valence-electron chi connectivity index (χ1n) is 6.85. The van der Waals surface area contributed by atoms with E-state index in [9.17, 15) is 4.39 Å². The average molecular weight is 344 g/mol. The van der Waals surface area contributed by atoms with E-state index in [4.69, 9.17) is 0 Å². The molecule has 1 nitrogen and oxygen atoms in total. The van der Waals surface area contributed by atoms with Crippen molar-refractivity contribution in [2.24, 2.45) is 0 Å². The average Bonchev–Trinajstić information content (AvgIpc) is 2.50. The van der Waals surface area contributed by atoms with Gasteiger partial charge in [-0.2, -0.15) is 0 Å².